The number of nitrogens with zero attached hydrogens (tertiary/aromatic N) is 1. The SMILES string of the molecule is C=C1CCC2[C@]3(C)CO[C@@H](C4CCC(c5ccc(C(=O)OC)c(=O)[nH]5)C4)O[C@@H]3CC[C@@]2(C)[C@@H]1CCOc1ncccc1C(=O)O. The number of methoxy groups -OCH3 is 1. The van der Waals surface area contributed by atoms with E-state index in [4.69, 9.17) is 18.9 Å². The van der Waals surface area contributed by atoms with Crippen LogP contribution in [-0.2, 0) is 14.2 Å². The molecule has 242 valence electrons. The van der Waals surface area contributed by atoms with Gasteiger partial charge in [-0.1, -0.05) is 26.0 Å². The highest BCUT2D eigenvalue weighted by Gasteiger charge is 2.60. The molecule has 6 rings (SSSR count). The number of carbonyl (C=O) groups is 2. The number of pyridine rings is 2. The van der Waals surface area contributed by atoms with E-state index in [0.717, 1.165) is 57.1 Å². The van der Waals surface area contributed by atoms with Gasteiger partial charge in [0.15, 0.2) is 6.29 Å². The summed E-state index contributed by atoms with van der Waals surface area (Å²) < 4.78 is 24.0. The fourth-order valence-corrected chi connectivity index (χ4v) is 9.12. The summed E-state index contributed by atoms with van der Waals surface area (Å²) in [5, 5.41) is 9.50. The van der Waals surface area contributed by atoms with Crippen LogP contribution in [0.4, 0.5) is 0 Å². The third-order valence-corrected chi connectivity index (χ3v) is 11.5. The highest BCUT2D eigenvalue weighted by Crippen LogP contribution is 2.63. The van der Waals surface area contributed by atoms with Crippen LogP contribution >= 0.6 is 0 Å². The highest BCUT2D eigenvalue weighted by atomic mass is 16.7. The minimum atomic E-state index is -1.05. The van der Waals surface area contributed by atoms with Crippen LogP contribution in [0.1, 0.15) is 97.5 Å². The fraction of sp³-hybridized carbons (Fsp3) is 0.600. The summed E-state index contributed by atoms with van der Waals surface area (Å²) in [5.41, 5.74) is 1.61. The van der Waals surface area contributed by atoms with Gasteiger partial charge in [-0.05, 0) is 98.8 Å². The molecule has 0 amide bonds. The van der Waals surface area contributed by atoms with Crippen molar-refractivity contribution in [1.82, 2.24) is 9.97 Å². The number of allylic oxidation sites excluding steroid dienone is 1. The van der Waals surface area contributed by atoms with Gasteiger partial charge >= 0.3 is 11.9 Å². The number of esters is 1. The molecule has 4 fully saturated rings. The van der Waals surface area contributed by atoms with Gasteiger partial charge in [0, 0.05) is 23.2 Å². The predicted octanol–water partition coefficient (Wildman–Crippen LogP) is 5.74. The Morgan fingerprint density at radius 2 is 1.96 bits per heavy atom. The number of aromatic amines is 1. The number of aromatic nitrogens is 2. The van der Waals surface area contributed by atoms with Crippen molar-refractivity contribution in [2.75, 3.05) is 20.3 Å². The Labute approximate surface area is 263 Å². The third-order valence-electron chi connectivity index (χ3n) is 11.5. The van der Waals surface area contributed by atoms with Gasteiger partial charge in [-0.25, -0.2) is 14.6 Å². The van der Waals surface area contributed by atoms with Gasteiger partial charge < -0.3 is 29.0 Å². The Hall–Kier alpha value is -3.50. The summed E-state index contributed by atoms with van der Waals surface area (Å²) in [6.07, 6.45) is 8.78. The summed E-state index contributed by atoms with van der Waals surface area (Å²) >= 11 is 0. The molecule has 1 saturated heterocycles. The molecule has 2 N–H and O–H groups in total. The van der Waals surface area contributed by atoms with E-state index < -0.39 is 17.5 Å². The first kappa shape index (κ1) is 31.5. The second-order valence-corrected chi connectivity index (χ2v) is 13.9. The minimum absolute atomic E-state index is 0.00390. The zero-order valence-electron chi connectivity index (χ0n) is 26.4. The van der Waals surface area contributed by atoms with Crippen molar-refractivity contribution in [2.24, 2.45) is 28.6 Å². The van der Waals surface area contributed by atoms with E-state index in [9.17, 15) is 19.5 Å². The van der Waals surface area contributed by atoms with Gasteiger partial charge in [-0.15, -0.1) is 0 Å². The first-order valence-electron chi connectivity index (χ1n) is 16.1. The molecule has 45 heavy (non-hydrogen) atoms. The second kappa shape index (κ2) is 12.4. The number of nitrogens with one attached hydrogen (secondary N) is 1. The number of hydrogen-bond donors (Lipinski definition) is 2. The molecule has 1 aliphatic heterocycles. The lowest BCUT2D eigenvalue weighted by Gasteiger charge is -2.63. The van der Waals surface area contributed by atoms with Gasteiger partial charge in [0.2, 0.25) is 5.88 Å². The molecule has 0 radical (unpaired) electrons. The molecule has 2 aromatic rings. The van der Waals surface area contributed by atoms with Gasteiger partial charge in [0.05, 0.1) is 26.4 Å². The topological polar surface area (TPSA) is 137 Å². The molecule has 0 bridgehead atoms. The van der Waals surface area contributed by atoms with Crippen LogP contribution in [0.15, 0.2) is 47.4 Å². The van der Waals surface area contributed by atoms with Crippen molar-refractivity contribution in [2.45, 2.75) is 83.5 Å². The summed E-state index contributed by atoms with van der Waals surface area (Å²) in [6, 6.07) is 6.48. The maximum atomic E-state index is 12.5. The number of rotatable bonds is 8. The normalized spacial score (nSPS) is 34.4. The molecule has 3 unspecified atom stereocenters. The van der Waals surface area contributed by atoms with Gasteiger partial charge in [0.25, 0.3) is 5.56 Å². The van der Waals surface area contributed by atoms with Gasteiger partial charge in [-0.2, -0.15) is 0 Å². The Kier molecular flexibility index (Phi) is 8.65. The molecule has 10 nitrogen and oxygen atoms in total. The first-order valence-corrected chi connectivity index (χ1v) is 16.1. The van der Waals surface area contributed by atoms with Gasteiger partial charge in [-0.3, -0.25) is 4.79 Å². The average Bonchev–Trinajstić information content (AvgIpc) is 3.52. The number of fused-ring (bicyclic) bond motifs is 3. The van der Waals surface area contributed by atoms with E-state index in [2.05, 4.69) is 30.4 Å². The number of ether oxygens (including phenoxy) is 4. The van der Waals surface area contributed by atoms with Crippen molar-refractivity contribution < 1.29 is 33.6 Å². The maximum Gasteiger partial charge on any atom is 0.343 e. The van der Waals surface area contributed by atoms with Crippen molar-refractivity contribution in [1.29, 1.82) is 0 Å². The van der Waals surface area contributed by atoms with Crippen LogP contribution in [0.3, 0.4) is 0 Å². The zero-order valence-corrected chi connectivity index (χ0v) is 26.4. The van der Waals surface area contributed by atoms with Crippen LogP contribution in [0, 0.1) is 28.6 Å². The number of carbonyl (C=O) groups excluding carboxylic acids is 1. The van der Waals surface area contributed by atoms with E-state index in [1.807, 2.05) is 6.07 Å². The molecule has 2 aromatic heterocycles. The molecule has 8 atom stereocenters. The van der Waals surface area contributed by atoms with E-state index in [0.29, 0.717) is 19.1 Å². The first-order chi connectivity index (χ1) is 21.5. The number of aromatic carboxylic acids is 1. The van der Waals surface area contributed by atoms with E-state index >= 15 is 0 Å². The monoisotopic (exact) mass is 620 g/mol. The standard InChI is InChI=1S/C35H44N2O8/c1-20-7-12-27-34(2,25(20)14-17-43-30-24(31(39)40)6-5-16-36-30)15-13-28-35(27,3)19-44-33(45-28)22-9-8-21(18-22)26-11-10-23(29(38)37-26)32(41)42-4/h5-6,10-11,16,21-22,25,27-28,33H,1,7-9,12-15,17-19H2,2-4H3,(H,37,38)(H,39,40)/t21?,22?,25-,27?,28-,33-,34+,35+/m1/s1. The molecule has 3 saturated carbocycles. The van der Waals surface area contributed by atoms with Crippen LogP contribution in [-0.4, -0.2) is 59.7 Å². The number of hydrogen-bond acceptors (Lipinski definition) is 8. The van der Waals surface area contributed by atoms with Crippen molar-refractivity contribution in [3.05, 3.63) is 69.8 Å². The predicted molar refractivity (Wildman–Crippen MR) is 165 cm³/mol. The Balaban J connectivity index is 1.10. The summed E-state index contributed by atoms with van der Waals surface area (Å²) in [6.45, 7) is 10.2. The third kappa shape index (κ3) is 5.71. The fourth-order valence-electron chi connectivity index (χ4n) is 9.12. The summed E-state index contributed by atoms with van der Waals surface area (Å²) in [7, 11) is 1.27. The maximum absolute atomic E-state index is 12.5. The van der Waals surface area contributed by atoms with Crippen LogP contribution < -0.4 is 10.3 Å². The molecule has 0 spiro atoms. The lowest BCUT2D eigenvalue weighted by Crippen LogP contribution is -2.62. The summed E-state index contributed by atoms with van der Waals surface area (Å²) in [5.74, 6) is -0.492. The molecular weight excluding hydrogens is 576 g/mol. The molecule has 3 aliphatic carbocycles. The van der Waals surface area contributed by atoms with Crippen LogP contribution in [0.25, 0.3) is 0 Å². The van der Waals surface area contributed by atoms with E-state index in [1.165, 1.54) is 18.7 Å². The molecule has 0 aromatic carbocycles. The zero-order chi connectivity index (χ0) is 31.9. The Morgan fingerprint density at radius 1 is 1.13 bits per heavy atom. The quantitative estimate of drug-likeness (QED) is 0.280. The van der Waals surface area contributed by atoms with Crippen LogP contribution in [0.2, 0.25) is 0 Å². The average molecular weight is 621 g/mol. The molecular formula is C35H44N2O8. The van der Waals surface area contributed by atoms with E-state index in [1.54, 1.807) is 18.3 Å². The van der Waals surface area contributed by atoms with E-state index in [-0.39, 0.29) is 58.0 Å². The summed E-state index contributed by atoms with van der Waals surface area (Å²) in [4.78, 5) is 43.0. The van der Waals surface area contributed by atoms with Crippen molar-refractivity contribution in [3.8, 4) is 5.88 Å². The largest absolute Gasteiger partial charge is 0.477 e. The second-order valence-electron chi connectivity index (χ2n) is 13.9. The Morgan fingerprint density at radius 3 is 2.71 bits per heavy atom. The van der Waals surface area contributed by atoms with Crippen molar-refractivity contribution in [3.63, 3.8) is 0 Å². The van der Waals surface area contributed by atoms with Gasteiger partial charge in [0.1, 0.15) is 11.1 Å². The van der Waals surface area contributed by atoms with Crippen molar-refractivity contribution >= 4 is 11.9 Å². The highest BCUT2D eigenvalue weighted by molar-refractivity contribution is 5.90. The lowest BCUT2D eigenvalue weighted by atomic mass is 9.46. The number of carboxylic acids is 1. The molecule has 4 aliphatic rings. The minimum Gasteiger partial charge on any atom is -0.477 e. The van der Waals surface area contributed by atoms with Crippen LogP contribution in [0.5, 0.6) is 5.88 Å². The molecule has 10 heteroatoms. The smallest absolute Gasteiger partial charge is 0.343 e. The lowest BCUT2D eigenvalue weighted by molar-refractivity contribution is -0.316. The number of H-pyrrole nitrogens is 1. The number of carboxylic acid groups (broad SMARTS) is 1. The Bertz CT molecular complexity index is 1520. The molecule has 3 heterocycles.